The number of aromatic nitrogens is 2. The summed E-state index contributed by atoms with van der Waals surface area (Å²) in [6, 6.07) is 5.91. The summed E-state index contributed by atoms with van der Waals surface area (Å²) >= 11 is 1.70. The van der Waals surface area contributed by atoms with E-state index in [4.69, 9.17) is 0 Å². The number of thiazole rings is 1. The van der Waals surface area contributed by atoms with Gasteiger partial charge in [-0.3, -0.25) is 4.98 Å². The quantitative estimate of drug-likeness (QED) is 0.874. The van der Waals surface area contributed by atoms with Gasteiger partial charge < -0.3 is 10.2 Å². The molecule has 3 rings (SSSR count). The van der Waals surface area contributed by atoms with Gasteiger partial charge in [-0.15, -0.1) is 11.3 Å². The Morgan fingerprint density at radius 3 is 2.82 bits per heavy atom. The van der Waals surface area contributed by atoms with Crippen molar-refractivity contribution in [3.63, 3.8) is 0 Å². The van der Waals surface area contributed by atoms with Crippen molar-refractivity contribution in [3.05, 3.63) is 29.8 Å². The third-order valence-corrected chi connectivity index (χ3v) is 3.71. The van der Waals surface area contributed by atoms with Crippen molar-refractivity contribution in [1.29, 1.82) is 0 Å². The minimum absolute atomic E-state index is 0.949. The second-order valence-corrected chi connectivity index (χ2v) is 4.80. The number of nitrogens with zero attached hydrogens (tertiary/aromatic N) is 3. The lowest BCUT2D eigenvalue weighted by atomic mass is 10.3. The van der Waals surface area contributed by atoms with Crippen LogP contribution in [-0.4, -0.2) is 36.1 Å². The van der Waals surface area contributed by atoms with Crippen LogP contribution in [0.5, 0.6) is 0 Å². The summed E-state index contributed by atoms with van der Waals surface area (Å²) in [7, 11) is 0. The van der Waals surface area contributed by atoms with Crippen LogP contribution in [0, 0.1) is 0 Å². The van der Waals surface area contributed by atoms with Crippen LogP contribution in [0.3, 0.4) is 0 Å². The predicted octanol–water partition coefficient (Wildman–Crippen LogP) is 1.61. The predicted molar refractivity (Wildman–Crippen MR) is 70.4 cm³/mol. The first kappa shape index (κ1) is 10.7. The Hall–Kier alpha value is -1.46. The Bertz CT molecular complexity index is 476. The highest BCUT2D eigenvalue weighted by Crippen LogP contribution is 2.26. The fourth-order valence-corrected chi connectivity index (χ4v) is 2.77. The standard InChI is InChI=1S/C12H14N4S/c1-2-4-14-10(3-1)11-9-17-12(15-11)16-7-5-13-6-8-16/h1-4,9,13H,5-8H2. The van der Waals surface area contributed by atoms with Gasteiger partial charge in [0, 0.05) is 37.8 Å². The Morgan fingerprint density at radius 2 is 2.06 bits per heavy atom. The van der Waals surface area contributed by atoms with E-state index in [0.717, 1.165) is 42.7 Å². The SMILES string of the molecule is c1ccc(-c2csc(N3CCNCC3)n2)nc1. The number of piperazine rings is 1. The summed E-state index contributed by atoms with van der Waals surface area (Å²) in [5.41, 5.74) is 1.93. The second kappa shape index (κ2) is 4.81. The second-order valence-electron chi connectivity index (χ2n) is 3.97. The number of anilines is 1. The van der Waals surface area contributed by atoms with Crippen LogP contribution < -0.4 is 10.2 Å². The zero-order chi connectivity index (χ0) is 11.5. The van der Waals surface area contributed by atoms with Crippen LogP contribution in [0.25, 0.3) is 11.4 Å². The Labute approximate surface area is 104 Å². The van der Waals surface area contributed by atoms with Gasteiger partial charge in [0.05, 0.1) is 5.69 Å². The molecule has 0 aliphatic carbocycles. The van der Waals surface area contributed by atoms with Gasteiger partial charge in [-0.2, -0.15) is 0 Å². The van der Waals surface area contributed by atoms with Gasteiger partial charge in [-0.1, -0.05) is 6.07 Å². The molecule has 4 nitrogen and oxygen atoms in total. The molecule has 1 fully saturated rings. The Balaban J connectivity index is 1.83. The first-order valence-electron chi connectivity index (χ1n) is 5.76. The van der Waals surface area contributed by atoms with Crippen molar-refractivity contribution in [3.8, 4) is 11.4 Å². The summed E-state index contributed by atoms with van der Waals surface area (Å²) in [6.45, 7) is 4.15. The van der Waals surface area contributed by atoms with Crippen molar-refractivity contribution in [2.45, 2.75) is 0 Å². The van der Waals surface area contributed by atoms with E-state index < -0.39 is 0 Å². The molecule has 0 amide bonds. The summed E-state index contributed by atoms with van der Waals surface area (Å²) in [6.07, 6.45) is 1.80. The lowest BCUT2D eigenvalue weighted by molar-refractivity contribution is 0.588. The maximum atomic E-state index is 4.66. The Kier molecular flexibility index (Phi) is 3.02. The van der Waals surface area contributed by atoms with E-state index in [9.17, 15) is 0 Å². The topological polar surface area (TPSA) is 41.0 Å². The van der Waals surface area contributed by atoms with Crippen LogP contribution >= 0.6 is 11.3 Å². The number of pyridine rings is 1. The van der Waals surface area contributed by atoms with E-state index in [0.29, 0.717) is 0 Å². The third kappa shape index (κ3) is 2.30. The highest BCUT2D eigenvalue weighted by molar-refractivity contribution is 7.14. The van der Waals surface area contributed by atoms with Crippen molar-refractivity contribution >= 4 is 16.5 Å². The minimum Gasteiger partial charge on any atom is -0.346 e. The summed E-state index contributed by atoms with van der Waals surface area (Å²) in [4.78, 5) is 11.3. The molecule has 0 unspecified atom stereocenters. The van der Waals surface area contributed by atoms with Crippen LogP contribution in [0.2, 0.25) is 0 Å². The molecule has 88 valence electrons. The van der Waals surface area contributed by atoms with Gasteiger partial charge in [-0.05, 0) is 12.1 Å². The minimum atomic E-state index is 0.949. The fraction of sp³-hybridized carbons (Fsp3) is 0.333. The van der Waals surface area contributed by atoms with Gasteiger partial charge in [0.15, 0.2) is 5.13 Å². The monoisotopic (exact) mass is 246 g/mol. The van der Waals surface area contributed by atoms with Crippen LogP contribution in [-0.2, 0) is 0 Å². The molecule has 1 saturated heterocycles. The normalized spacial score (nSPS) is 16.1. The van der Waals surface area contributed by atoms with E-state index in [1.165, 1.54) is 0 Å². The third-order valence-electron chi connectivity index (χ3n) is 2.81. The first-order chi connectivity index (χ1) is 8.43. The smallest absolute Gasteiger partial charge is 0.186 e. The molecule has 0 radical (unpaired) electrons. The number of hydrogen-bond acceptors (Lipinski definition) is 5. The van der Waals surface area contributed by atoms with E-state index >= 15 is 0 Å². The molecule has 2 aromatic rings. The van der Waals surface area contributed by atoms with Gasteiger partial charge in [0.1, 0.15) is 5.69 Å². The average molecular weight is 246 g/mol. The van der Waals surface area contributed by atoms with Crippen LogP contribution in [0.1, 0.15) is 0 Å². The lowest BCUT2D eigenvalue weighted by Gasteiger charge is -2.26. The van der Waals surface area contributed by atoms with Gasteiger partial charge in [-0.25, -0.2) is 4.98 Å². The maximum absolute atomic E-state index is 4.66. The van der Waals surface area contributed by atoms with Gasteiger partial charge in [0.25, 0.3) is 0 Å². The number of nitrogens with one attached hydrogen (secondary N) is 1. The molecule has 5 heteroatoms. The summed E-state index contributed by atoms with van der Waals surface area (Å²) in [5, 5.41) is 6.53. The maximum Gasteiger partial charge on any atom is 0.186 e. The van der Waals surface area contributed by atoms with Crippen molar-refractivity contribution in [2.24, 2.45) is 0 Å². The van der Waals surface area contributed by atoms with Gasteiger partial charge in [0.2, 0.25) is 0 Å². The first-order valence-corrected chi connectivity index (χ1v) is 6.64. The summed E-state index contributed by atoms with van der Waals surface area (Å²) in [5.74, 6) is 0. The van der Waals surface area contributed by atoms with E-state index in [2.05, 4.69) is 25.6 Å². The van der Waals surface area contributed by atoms with Crippen molar-refractivity contribution in [1.82, 2.24) is 15.3 Å². The summed E-state index contributed by atoms with van der Waals surface area (Å²) < 4.78 is 0. The number of rotatable bonds is 2. The van der Waals surface area contributed by atoms with Gasteiger partial charge >= 0.3 is 0 Å². The molecule has 0 atom stereocenters. The van der Waals surface area contributed by atoms with Crippen molar-refractivity contribution < 1.29 is 0 Å². The zero-order valence-corrected chi connectivity index (χ0v) is 10.3. The molecule has 0 spiro atoms. The molecule has 3 heterocycles. The molecule has 1 aliphatic rings. The Morgan fingerprint density at radius 1 is 1.18 bits per heavy atom. The molecular weight excluding hydrogens is 232 g/mol. The number of hydrogen-bond donors (Lipinski definition) is 1. The molecule has 0 aromatic carbocycles. The van der Waals surface area contributed by atoms with E-state index in [1.54, 1.807) is 17.5 Å². The lowest BCUT2D eigenvalue weighted by Crippen LogP contribution is -2.43. The highest BCUT2D eigenvalue weighted by Gasteiger charge is 2.14. The average Bonchev–Trinajstić information content (AvgIpc) is 2.90. The molecule has 0 saturated carbocycles. The highest BCUT2D eigenvalue weighted by atomic mass is 32.1. The molecule has 17 heavy (non-hydrogen) atoms. The molecule has 2 aromatic heterocycles. The van der Waals surface area contributed by atoms with E-state index in [1.807, 2.05) is 18.2 Å². The van der Waals surface area contributed by atoms with Crippen LogP contribution in [0.15, 0.2) is 29.8 Å². The molecule has 1 N–H and O–H groups in total. The van der Waals surface area contributed by atoms with Crippen molar-refractivity contribution in [2.75, 3.05) is 31.1 Å². The molecule has 0 bridgehead atoms. The molecular formula is C12H14N4S. The van der Waals surface area contributed by atoms with E-state index in [-0.39, 0.29) is 0 Å². The van der Waals surface area contributed by atoms with Crippen LogP contribution in [0.4, 0.5) is 5.13 Å². The largest absolute Gasteiger partial charge is 0.346 e. The molecule has 1 aliphatic heterocycles. The zero-order valence-electron chi connectivity index (χ0n) is 9.47. The fourth-order valence-electron chi connectivity index (χ4n) is 1.90.